The number of halogens is 1. The molecule has 5 heteroatoms. The van der Waals surface area contributed by atoms with E-state index in [1.807, 2.05) is 18.2 Å². The van der Waals surface area contributed by atoms with Crippen molar-refractivity contribution in [3.05, 3.63) is 28.2 Å². The lowest BCUT2D eigenvalue weighted by atomic mass is 9.92. The molecule has 3 unspecified atom stereocenters. The lowest BCUT2D eigenvalue weighted by Crippen LogP contribution is -2.40. The Hall–Kier alpha value is -0.910. The van der Waals surface area contributed by atoms with Crippen molar-refractivity contribution in [1.29, 1.82) is 0 Å². The molecule has 1 aliphatic heterocycles. The van der Waals surface area contributed by atoms with Gasteiger partial charge >= 0.3 is 0 Å². The van der Waals surface area contributed by atoms with Gasteiger partial charge in [-0.25, -0.2) is 0 Å². The smallest absolute Gasteiger partial charge is 0.246 e. The molecule has 102 valence electrons. The van der Waals surface area contributed by atoms with Crippen LogP contribution in [0.2, 0.25) is 0 Å². The van der Waals surface area contributed by atoms with E-state index in [9.17, 15) is 9.90 Å². The topological polar surface area (TPSA) is 61.4 Å². The zero-order valence-corrected chi connectivity index (χ0v) is 12.1. The van der Waals surface area contributed by atoms with Crippen LogP contribution in [-0.4, -0.2) is 23.2 Å². The number of hydrogen-bond donors (Lipinski definition) is 3. The van der Waals surface area contributed by atoms with E-state index in [2.05, 4.69) is 26.6 Å². The summed E-state index contributed by atoms with van der Waals surface area (Å²) in [5, 5.41) is 16.0. The molecule has 0 spiro atoms. The molecule has 0 radical (unpaired) electrons. The highest BCUT2D eigenvalue weighted by Gasteiger charge is 2.33. The first kappa shape index (κ1) is 13.1. The second-order valence-corrected chi connectivity index (χ2v) is 6.25. The van der Waals surface area contributed by atoms with E-state index in [4.69, 9.17) is 0 Å². The fraction of sp³-hybridized carbons (Fsp3) is 0.500. The number of aliphatic hydroxyl groups excluding tert-OH is 1. The summed E-state index contributed by atoms with van der Waals surface area (Å²) in [6.45, 7) is 0. The predicted octanol–water partition coefficient (Wildman–Crippen LogP) is 2.34. The lowest BCUT2D eigenvalue weighted by molar-refractivity contribution is -0.118. The van der Waals surface area contributed by atoms with Crippen molar-refractivity contribution in [2.24, 2.45) is 0 Å². The van der Waals surface area contributed by atoms with Crippen LogP contribution in [0, 0.1) is 0 Å². The van der Waals surface area contributed by atoms with Gasteiger partial charge in [-0.2, -0.15) is 0 Å². The van der Waals surface area contributed by atoms with E-state index in [0.29, 0.717) is 0 Å². The number of amides is 1. The normalized spacial score (nSPS) is 30.0. The van der Waals surface area contributed by atoms with Crippen molar-refractivity contribution in [2.45, 2.75) is 43.9 Å². The van der Waals surface area contributed by atoms with Crippen molar-refractivity contribution in [1.82, 2.24) is 5.32 Å². The molecule has 1 amide bonds. The quantitative estimate of drug-likeness (QED) is 0.782. The molecule has 3 atom stereocenters. The van der Waals surface area contributed by atoms with Gasteiger partial charge in [-0.05, 0) is 37.8 Å². The molecular weight excluding hydrogens is 308 g/mol. The second kappa shape index (κ2) is 5.23. The van der Waals surface area contributed by atoms with Gasteiger partial charge in [-0.3, -0.25) is 10.1 Å². The number of benzene rings is 1. The van der Waals surface area contributed by atoms with Crippen LogP contribution in [0.5, 0.6) is 0 Å². The maximum absolute atomic E-state index is 12.0. The Morgan fingerprint density at radius 1 is 1.37 bits per heavy atom. The third-order valence-corrected chi connectivity index (χ3v) is 4.39. The number of carbonyl (C=O) groups is 1. The largest absolute Gasteiger partial charge is 0.393 e. The Morgan fingerprint density at radius 3 is 3.00 bits per heavy atom. The zero-order chi connectivity index (χ0) is 13.4. The Kier molecular flexibility index (Phi) is 3.60. The first-order valence-corrected chi connectivity index (χ1v) is 7.47. The highest BCUT2D eigenvalue weighted by Crippen LogP contribution is 2.34. The van der Waals surface area contributed by atoms with Gasteiger partial charge in [-0.1, -0.05) is 22.0 Å². The molecule has 0 bridgehead atoms. The molecule has 1 heterocycles. The molecule has 1 saturated carbocycles. The van der Waals surface area contributed by atoms with Crippen molar-refractivity contribution < 1.29 is 9.90 Å². The Labute approximate surface area is 120 Å². The number of hydrogen-bond acceptors (Lipinski definition) is 3. The van der Waals surface area contributed by atoms with Gasteiger partial charge < -0.3 is 10.4 Å². The summed E-state index contributed by atoms with van der Waals surface area (Å²) >= 11 is 3.41. The SMILES string of the molecule is O=C1Nc2cc(Br)ccc2C1NC1CCCC(O)C1. The zero-order valence-electron chi connectivity index (χ0n) is 10.5. The molecule has 4 nitrogen and oxygen atoms in total. The molecule has 1 aromatic rings. The van der Waals surface area contributed by atoms with Gasteiger partial charge in [0, 0.05) is 21.8 Å². The average Bonchev–Trinajstić information content (AvgIpc) is 2.65. The van der Waals surface area contributed by atoms with Gasteiger partial charge in [0.25, 0.3) is 0 Å². The molecule has 1 aromatic carbocycles. The molecule has 3 rings (SSSR count). The maximum atomic E-state index is 12.0. The number of fused-ring (bicyclic) bond motifs is 1. The summed E-state index contributed by atoms with van der Waals surface area (Å²) in [6, 6.07) is 5.76. The minimum absolute atomic E-state index is 0.00633. The van der Waals surface area contributed by atoms with E-state index < -0.39 is 0 Å². The van der Waals surface area contributed by atoms with Crippen LogP contribution in [0.25, 0.3) is 0 Å². The van der Waals surface area contributed by atoms with Crippen molar-refractivity contribution >= 4 is 27.5 Å². The van der Waals surface area contributed by atoms with Crippen LogP contribution in [0.15, 0.2) is 22.7 Å². The molecule has 2 aliphatic rings. The molecular formula is C14H17BrN2O2. The molecule has 19 heavy (non-hydrogen) atoms. The second-order valence-electron chi connectivity index (χ2n) is 5.34. The van der Waals surface area contributed by atoms with E-state index in [0.717, 1.165) is 41.4 Å². The van der Waals surface area contributed by atoms with E-state index in [1.165, 1.54) is 0 Å². The molecule has 1 fully saturated rings. The van der Waals surface area contributed by atoms with E-state index >= 15 is 0 Å². The Morgan fingerprint density at radius 2 is 2.21 bits per heavy atom. The number of nitrogens with one attached hydrogen (secondary N) is 2. The fourth-order valence-corrected chi connectivity index (χ4v) is 3.31. The van der Waals surface area contributed by atoms with Crippen LogP contribution < -0.4 is 10.6 Å². The third-order valence-electron chi connectivity index (χ3n) is 3.90. The van der Waals surface area contributed by atoms with Crippen molar-refractivity contribution in [2.75, 3.05) is 5.32 Å². The summed E-state index contributed by atoms with van der Waals surface area (Å²) in [5.41, 5.74) is 1.86. The maximum Gasteiger partial charge on any atom is 0.246 e. The highest BCUT2D eigenvalue weighted by molar-refractivity contribution is 9.10. The fourth-order valence-electron chi connectivity index (χ4n) is 2.95. The minimum atomic E-state index is -0.293. The van der Waals surface area contributed by atoms with Crippen LogP contribution >= 0.6 is 15.9 Å². The van der Waals surface area contributed by atoms with Crippen LogP contribution in [0.3, 0.4) is 0 Å². The first-order valence-electron chi connectivity index (χ1n) is 6.68. The van der Waals surface area contributed by atoms with Crippen LogP contribution in [-0.2, 0) is 4.79 Å². The summed E-state index contributed by atoms with van der Waals surface area (Å²) < 4.78 is 0.959. The Balaban J connectivity index is 1.77. The van der Waals surface area contributed by atoms with E-state index in [1.54, 1.807) is 0 Å². The molecule has 1 aliphatic carbocycles. The number of rotatable bonds is 2. The van der Waals surface area contributed by atoms with Crippen molar-refractivity contribution in [3.8, 4) is 0 Å². The number of aliphatic hydroxyl groups is 1. The average molecular weight is 325 g/mol. The first-order chi connectivity index (χ1) is 9.13. The van der Waals surface area contributed by atoms with E-state index in [-0.39, 0.29) is 24.1 Å². The van der Waals surface area contributed by atoms with Gasteiger partial charge in [0.2, 0.25) is 5.91 Å². The lowest BCUT2D eigenvalue weighted by Gasteiger charge is -2.28. The van der Waals surface area contributed by atoms with Crippen molar-refractivity contribution in [3.63, 3.8) is 0 Å². The van der Waals surface area contributed by atoms with Gasteiger partial charge in [0.15, 0.2) is 0 Å². The molecule has 0 aromatic heterocycles. The molecule has 0 saturated heterocycles. The standard InChI is InChI=1S/C14H17BrN2O2/c15-8-4-5-11-12(6-8)17-14(19)13(11)16-9-2-1-3-10(18)7-9/h4-6,9-10,13,16,18H,1-3,7H2,(H,17,19). The molecule has 3 N–H and O–H groups in total. The summed E-state index contributed by atoms with van der Waals surface area (Å²) in [5.74, 6) is -0.00633. The summed E-state index contributed by atoms with van der Waals surface area (Å²) in [4.78, 5) is 12.0. The number of anilines is 1. The summed E-state index contributed by atoms with van der Waals surface area (Å²) in [7, 11) is 0. The van der Waals surface area contributed by atoms with Gasteiger partial charge in [0.1, 0.15) is 6.04 Å². The predicted molar refractivity (Wildman–Crippen MR) is 76.9 cm³/mol. The monoisotopic (exact) mass is 324 g/mol. The Bertz CT molecular complexity index is 506. The van der Waals surface area contributed by atoms with Gasteiger partial charge in [0.05, 0.1) is 6.10 Å². The number of carbonyl (C=O) groups excluding carboxylic acids is 1. The third kappa shape index (κ3) is 2.68. The van der Waals surface area contributed by atoms with Crippen LogP contribution in [0.1, 0.15) is 37.3 Å². The van der Waals surface area contributed by atoms with Crippen LogP contribution in [0.4, 0.5) is 5.69 Å². The van der Waals surface area contributed by atoms with Gasteiger partial charge in [-0.15, -0.1) is 0 Å². The highest BCUT2D eigenvalue weighted by atomic mass is 79.9. The minimum Gasteiger partial charge on any atom is -0.393 e. The summed E-state index contributed by atoms with van der Waals surface area (Å²) in [6.07, 6.45) is 3.40.